The van der Waals surface area contributed by atoms with Crippen LogP contribution >= 0.6 is 11.3 Å². The summed E-state index contributed by atoms with van der Waals surface area (Å²) in [6.07, 6.45) is 4.28. The number of piperidine rings is 1. The summed E-state index contributed by atoms with van der Waals surface area (Å²) in [5, 5.41) is 12.2. The number of pyridine rings is 1. The molecule has 0 bridgehead atoms. The van der Waals surface area contributed by atoms with Gasteiger partial charge in [-0.05, 0) is 61.7 Å². The lowest BCUT2D eigenvalue weighted by Gasteiger charge is -2.39. The molecule has 2 fully saturated rings. The highest BCUT2D eigenvalue weighted by atomic mass is 32.1. The topological polar surface area (TPSA) is 77.5 Å². The minimum atomic E-state index is -0.340. The molecule has 3 aromatic rings. The van der Waals surface area contributed by atoms with Crippen molar-refractivity contribution in [1.82, 2.24) is 25.0 Å². The zero-order valence-electron chi connectivity index (χ0n) is 19.6. The molecule has 1 N–H and O–H groups in total. The zero-order chi connectivity index (χ0) is 24.0. The molecule has 0 radical (unpaired) electrons. The zero-order valence-corrected chi connectivity index (χ0v) is 20.5. The Morgan fingerprint density at radius 2 is 1.86 bits per heavy atom. The maximum atomic E-state index is 13.1. The molecule has 1 atom stereocenters. The molecule has 0 aliphatic carbocycles. The summed E-state index contributed by atoms with van der Waals surface area (Å²) in [6.45, 7) is 8.07. The third-order valence-electron chi connectivity index (χ3n) is 6.59. The van der Waals surface area contributed by atoms with Gasteiger partial charge in [-0.2, -0.15) is 0 Å². The molecule has 2 aliphatic rings. The average Bonchev–Trinajstić information content (AvgIpc) is 3.35. The molecule has 1 unspecified atom stereocenters. The summed E-state index contributed by atoms with van der Waals surface area (Å²) in [4.78, 5) is 24.3. The van der Waals surface area contributed by atoms with Gasteiger partial charge in [0, 0.05) is 51.2 Å². The van der Waals surface area contributed by atoms with E-state index in [1.54, 1.807) is 0 Å². The minimum absolute atomic E-state index is 0.318. The van der Waals surface area contributed by atoms with E-state index < -0.39 is 0 Å². The average molecular weight is 496 g/mol. The van der Waals surface area contributed by atoms with Crippen molar-refractivity contribution in [2.24, 2.45) is 5.92 Å². The number of carbonyl (C=O) groups excluding carboxylic acids is 1. The first-order valence-corrected chi connectivity index (χ1v) is 12.9. The number of rotatable bonds is 7. The maximum absolute atomic E-state index is 13.1. The van der Waals surface area contributed by atoms with Crippen LogP contribution in [-0.2, 0) is 6.54 Å². The van der Waals surface area contributed by atoms with Gasteiger partial charge in [-0.15, -0.1) is 10.2 Å². The van der Waals surface area contributed by atoms with Crippen molar-refractivity contribution in [3.8, 4) is 0 Å². The van der Waals surface area contributed by atoms with Crippen LogP contribution in [0.15, 0.2) is 48.7 Å². The molecule has 0 saturated carbocycles. The summed E-state index contributed by atoms with van der Waals surface area (Å²) in [5.41, 5.74) is 0.535. The third kappa shape index (κ3) is 6.39. The molecular formula is C25H30FN7OS. The largest absolute Gasteiger partial charge is 0.354 e. The van der Waals surface area contributed by atoms with E-state index in [1.807, 2.05) is 18.3 Å². The van der Waals surface area contributed by atoms with Crippen molar-refractivity contribution >= 4 is 28.7 Å². The van der Waals surface area contributed by atoms with E-state index in [2.05, 4.69) is 41.3 Å². The maximum Gasteiger partial charge on any atom is 0.286 e. The van der Waals surface area contributed by atoms with Crippen molar-refractivity contribution in [2.45, 2.75) is 19.4 Å². The highest BCUT2D eigenvalue weighted by molar-refractivity contribution is 7.13. The fourth-order valence-electron chi connectivity index (χ4n) is 4.83. The molecule has 35 heavy (non-hydrogen) atoms. The number of aromatic nitrogens is 3. The monoisotopic (exact) mass is 495 g/mol. The van der Waals surface area contributed by atoms with E-state index in [9.17, 15) is 9.18 Å². The highest BCUT2D eigenvalue weighted by Gasteiger charge is 2.26. The Balaban J connectivity index is 1.08. The first-order chi connectivity index (χ1) is 17.1. The van der Waals surface area contributed by atoms with Crippen LogP contribution < -0.4 is 10.2 Å². The molecule has 2 aliphatic heterocycles. The second kappa shape index (κ2) is 11.2. The second-order valence-corrected chi connectivity index (χ2v) is 10.2. The van der Waals surface area contributed by atoms with Crippen LogP contribution in [0.2, 0.25) is 0 Å². The Morgan fingerprint density at radius 1 is 1.03 bits per heavy atom. The first-order valence-electron chi connectivity index (χ1n) is 12.1. The Morgan fingerprint density at radius 3 is 2.63 bits per heavy atom. The standard InChI is InChI=1S/C25H30FN7OS/c26-20-6-8-21(9-7-20)28-24(34)25-30-29-23(35-25)18-32-11-3-4-19(17-32)16-31-12-14-33(15-13-31)22-5-1-2-10-27-22/h1-2,5-10,19H,3-4,11-18H2,(H,28,34). The van der Waals surface area contributed by atoms with Gasteiger partial charge in [0.05, 0.1) is 6.54 Å². The Labute approximate surface area is 208 Å². The SMILES string of the molecule is O=C(Nc1ccc(F)cc1)c1nnc(CN2CCCC(CN3CCN(c4ccccn4)CC3)C2)s1. The fourth-order valence-corrected chi connectivity index (χ4v) is 5.61. The van der Waals surface area contributed by atoms with Gasteiger partial charge in [0.2, 0.25) is 5.01 Å². The molecule has 8 nitrogen and oxygen atoms in total. The molecule has 10 heteroatoms. The van der Waals surface area contributed by atoms with Crippen molar-refractivity contribution < 1.29 is 9.18 Å². The van der Waals surface area contributed by atoms with E-state index in [-0.39, 0.29) is 11.7 Å². The van der Waals surface area contributed by atoms with Crippen LogP contribution in [-0.4, -0.2) is 76.7 Å². The number of piperazine rings is 1. The van der Waals surface area contributed by atoms with Crippen LogP contribution in [0.3, 0.4) is 0 Å². The molecule has 2 saturated heterocycles. The number of likely N-dealkylation sites (tertiary alicyclic amines) is 1. The van der Waals surface area contributed by atoms with Crippen molar-refractivity contribution in [1.29, 1.82) is 0 Å². The summed E-state index contributed by atoms with van der Waals surface area (Å²) < 4.78 is 13.1. The lowest BCUT2D eigenvalue weighted by atomic mass is 9.97. The van der Waals surface area contributed by atoms with Gasteiger partial charge in [-0.3, -0.25) is 14.6 Å². The van der Waals surface area contributed by atoms with Crippen LogP contribution in [0, 0.1) is 11.7 Å². The summed E-state index contributed by atoms with van der Waals surface area (Å²) in [6, 6.07) is 11.8. The number of hydrogen-bond acceptors (Lipinski definition) is 8. The number of hydrogen-bond donors (Lipinski definition) is 1. The van der Waals surface area contributed by atoms with Crippen LogP contribution in [0.4, 0.5) is 15.9 Å². The molecule has 1 amide bonds. The number of amides is 1. The summed E-state index contributed by atoms with van der Waals surface area (Å²) in [5.74, 6) is 1.05. The molecule has 1 aromatic carbocycles. The number of carbonyl (C=O) groups is 1. The number of anilines is 2. The lowest BCUT2D eigenvalue weighted by molar-refractivity contribution is 0.102. The van der Waals surface area contributed by atoms with E-state index in [0.29, 0.717) is 23.2 Å². The van der Waals surface area contributed by atoms with Crippen LogP contribution in [0.5, 0.6) is 0 Å². The van der Waals surface area contributed by atoms with Crippen molar-refractivity contribution in [3.05, 3.63) is 64.5 Å². The number of halogens is 1. The van der Waals surface area contributed by atoms with Gasteiger partial charge in [0.25, 0.3) is 5.91 Å². The van der Waals surface area contributed by atoms with E-state index in [0.717, 1.165) is 56.6 Å². The molecule has 0 spiro atoms. The molecule has 184 valence electrons. The molecule has 4 heterocycles. The first kappa shape index (κ1) is 23.8. The molecule has 5 rings (SSSR count). The molecular weight excluding hydrogens is 465 g/mol. The quantitative estimate of drug-likeness (QED) is 0.539. The Bertz CT molecular complexity index is 1100. The summed E-state index contributed by atoms with van der Waals surface area (Å²) in [7, 11) is 0. The van der Waals surface area contributed by atoms with Crippen molar-refractivity contribution in [2.75, 3.05) is 56.0 Å². The number of benzene rings is 1. The smallest absolute Gasteiger partial charge is 0.286 e. The van der Waals surface area contributed by atoms with Gasteiger partial charge in [-0.1, -0.05) is 17.4 Å². The Hall–Kier alpha value is -2.95. The lowest BCUT2D eigenvalue weighted by Crippen LogP contribution is -2.49. The number of nitrogens with one attached hydrogen (secondary N) is 1. The van der Waals surface area contributed by atoms with Gasteiger partial charge < -0.3 is 10.2 Å². The summed E-state index contributed by atoms with van der Waals surface area (Å²) >= 11 is 1.32. The number of nitrogens with zero attached hydrogens (tertiary/aromatic N) is 6. The predicted molar refractivity (Wildman–Crippen MR) is 135 cm³/mol. The van der Waals surface area contributed by atoms with Crippen molar-refractivity contribution in [3.63, 3.8) is 0 Å². The van der Waals surface area contributed by atoms with Gasteiger partial charge in [0.1, 0.15) is 16.6 Å². The predicted octanol–water partition coefficient (Wildman–Crippen LogP) is 3.36. The van der Waals surface area contributed by atoms with Gasteiger partial charge >= 0.3 is 0 Å². The normalized spacial score (nSPS) is 19.6. The van der Waals surface area contributed by atoms with Crippen LogP contribution in [0.25, 0.3) is 0 Å². The van der Waals surface area contributed by atoms with E-state index in [4.69, 9.17) is 0 Å². The molecule has 2 aromatic heterocycles. The van der Waals surface area contributed by atoms with Gasteiger partial charge in [0.15, 0.2) is 0 Å². The van der Waals surface area contributed by atoms with Gasteiger partial charge in [-0.25, -0.2) is 9.37 Å². The third-order valence-corrected chi connectivity index (χ3v) is 7.49. The van der Waals surface area contributed by atoms with E-state index >= 15 is 0 Å². The minimum Gasteiger partial charge on any atom is -0.354 e. The van der Waals surface area contributed by atoms with E-state index in [1.165, 1.54) is 48.4 Å². The fraction of sp³-hybridized carbons (Fsp3) is 0.440. The highest BCUT2D eigenvalue weighted by Crippen LogP contribution is 2.22. The second-order valence-electron chi connectivity index (χ2n) is 9.18. The van der Waals surface area contributed by atoms with Crippen LogP contribution in [0.1, 0.15) is 27.7 Å². The Kier molecular flexibility index (Phi) is 7.60.